The number of carbonyl (C=O) groups is 3. The van der Waals surface area contributed by atoms with Gasteiger partial charge in [-0.05, 0) is 54.7 Å². The fourth-order valence-corrected chi connectivity index (χ4v) is 3.81. The van der Waals surface area contributed by atoms with Gasteiger partial charge < -0.3 is 19.7 Å². The molecule has 7 nitrogen and oxygen atoms in total. The Hall–Kier alpha value is -3.35. The lowest BCUT2D eigenvalue weighted by Crippen LogP contribution is -2.27. The lowest BCUT2D eigenvalue weighted by atomic mass is 10.00. The monoisotopic (exact) mass is 410 g/mol. The van der Waals surface area contributed by atoms with E-state index in [1.54, 1.807) is 18.7 Å². The van der Waals surface area contributed by atoms with E-state index in [4.69, 9.17) is 9.47 Å². The molecule has 0 saturated heterocycles. The van der Waals surface area contributed by atoms with Gasteiger partial charge in [-0.15, -0.1) is 0 Å². The molecule has 2 aromatic carbocycles. The summed E-state index contributed by atoms with van der Waals surface area (Å²) in [6.07, 6.45) is 0. The summed E-state index contributed by atoms with van der Waals surface area (Å²) >= 11 is 0. The SMILES string of the molecule is CNc1cc(C)cc2c1CN(C(=O)c1c(OC(C)=O)cc(OC(C)=O)c(C)c1C)C2. The predicted octanol–water partition coefficient (Wildman–Crippen LogP) is 3.66. The summed E-state index contributed by atoms with van der Waals surface area (Å²) in [5.74, 6) is -0.926. The third-order valence-corrected chi connectivity index (χ3v) is 5.29. The van der Waals surface area contributed by atoms with Gasteiger partial charge in [-0.2, -0.15) is 0 Å². The molecule has 0 fully saturated rings. The van der Waals surface area contributed by atoms with Gasteiger partial charge in [0.2, 0.25) is 0 Å². The molecule has 0 bridgehead atoms. The van der Waals surface area contributed by atoms with E-state index in [9.17, 15) is 14.4 Å². The second kappa shape index (κ2) is 8.18. The van der Waals surface area contributed by atoms with Gasteiger partial charge >= 0.3 is 11.9 Å². The van der Waals surface area contributed by atoms with Crippen molar-refractivity contribution < 1.29 is 23.9 Å². The van der Waals surface area contributed by atoms with Crippen LogP contribution in [0.25, 0.3) is 0 Å². The minimum absolute atomic E-state index is 0.0906. The van der Waals surface area contributed by atoms with Gasteiger partial charge in [0.05, 0.1) is 5.56 Å². The molecule has 1 N–H and O–H groups in total. The van der Waals surface area contributed by atoms with Crippen LogP contribution in [0.2, 0.25) is 0 Å². The van der Waals surface area contributed by atoms with Crippen molar-refractivity contribution in [3.05, 3.63) is 51.6 Å². The maximum Gasteiger partial charge on any atom is 0.308 e. The lowest BCUT2D eigenvalue weighted by Gasteiger charge is -2.21. The van der Waals surface area contributed by atoms with Gasteiger partial charge in [-0.25, -0.2) is 0 Å². The molecule has 0 spiro atoms. The number of fused-ring (bicyclic) bond motifs is 1. The van der Waals surface area contributed by atoms with E-state index in [2.05, 4.69) is 17.4 Å². The zero-order valence-corrected chi connectivity index (χ0v) is 18.1. The second-order valence-electron chi connectivity index (χ2n) is 7.55. The Morgan fingerprint density at radius 3 is 2.13 bits per heavy atom. The largest absolute Gasteiger partial charge is 0.426 e. The van der Waals surface area contributed by atoms with Crippen LogP contribution in [0.3, 0.4) is 0 Å². The predicted molar refractivity (Wildman–Crippen MR) is 113 cm³/mol. The van der Waals surface area contributed by atoms with E-state index in [-0.39, 0.29) is 17.4 Å². The zero-order valence-electron chi connectivity index (χ0n) is 18.1. The lowest BCUT2D eigenvalue weighted by molar-refractivity contribution is -0.132. The summed E-state index contributed by atoms with van der Waals surface area (Å²) in [5, 5.41) is 3.20. The normalized spacial score (nSPS) is 12.4. The fourth-order valence-electron chi connectivity index (χ4n) is 3.81. The Morgan fingerprint density at radius 2 is 1.53 bits per heavy atom. The summed E-state index contributed by atoms with van der Waals surface area (Å²) in [6, 6.07) is 5.57. The Labute approximate surface area is 176 Å². The van der Waals surface area contributed by atoms with Crippen LogP contribution < -0.4 is 14.8 Å². The van der Waals surface area contributed by atoms with Gasteiger partial charge in [-0.1, -0.05) is 6.07 Å². The van der Waals surface area contributed by atoms with Crippen LogP contribution in [0.1, 0.15) is 52.0 Å². The van der Waals surface area contributed by atoms with Crippen molar-refractivity contribution >= 4 is 23.5 Å². The van der Waals surface area contributed by atoms with E-state index in [0.717, 1.165) is 22.4 Å². The van der Waals surface area contributed by atoms with E-state index in [1.165, 1.54) is 19.9 Å². The Bertz CT molecular complexity index is 1060. The number of hydrogen-bond acceptors (Lipinski definition) is 6. The van der Waals surface area contributed by atoms with Crippen molar-refractivity contribution in [3.63, 3.8) is 0 Å². The van der Waals surface area contributed by atoms with Crippen molar-refractivity contribution in [1.82, 2.24) is 4.90 Å². The highest BCUT2D eigenvalue weighted by Crippen LogP contribution is 2.37. The molecule has 0 radical (unpaired) electrons. The Balaban J connectivity index is 2.04. The number of nitrogens with zero attached hydrogens (tertiary/aromatic N) is 1. The molecule has 158 valence electrons. The molecule has 0 aliphatic carbocycles. The highest BCUT2D eigenvalue weighted by Gasteiger charge is 2.31. The molecule has 1 aliphatic heterocycles. The molecular formula is C23H26N2O5. The molecule has 2 aromatic rings. The molecule has 0 unspecified atom stereocenters. The maximum atomic E-state index is 13.5. The average Bonchev–Trinajstić information content (AvgIpc) is 3.08. The minimum atomic E-state index is -0.557. The van der Waals surface area contributed by atoms with Gasteiger partial charge in [0, 0.05) is 45.7 Å². The molecular weight excluding hydrogens is 384 g/mol. The number of hydrogen-bond donors (Lipinski definition) is 1. The van der Waals surface area contributed by atoms with Crippen LogP contribution >= 0.6 is 0 Å². The summed E-state index contributed by atoms with van der Waals surface area (Å²) in [6.45, 7) is 9.02. The van der Waals surface area contributed by atoms with Gasteiger partial charge in [0.15, 0.2) is 0 Å². The molecule has 0 atom stereocenters. The number of aryl methyl sites for hydroxylation is 1. The zero-order chi connectivity index (χ0) is 22.2. The van der Waals surface area contributed by atoms with Gasteiger partial charge in [-0.3, -0.25) is 14.4 Å². The number of rotatable bonds is 4. The van der Waals surface area contributed by atoms with Crippen molar-refractivity contribution in [2.45, 2.75) is 47.7 Å². The smallest absolute Gasteiger partial charge is 0.308 e. The highest BCUT2D eigenvalue weighted by molar-refractivity contribution is 6.00. The van der Waals surface area contributed by atoms with E-state index in [0.29, 0.717) is 29.8 Å². The number of esters is 2. The minimum Gasteiger partial charge on any atom is -0.426 e. The Morgan fingerprint density at radius 1 is 0.900 bits per heavy atom. The second-order valence-corrected chi connectivity index (χ2v) is 7.55. The van der Waals surface area contributed by atoms with Crippen LogP contribution in [0.15, 0.2) is 18.2 Å². The average molecular weight is 410 g/mol. The summed E-state index contributed by atoms with van der Waals surface area (Å²) in [7, 11) is 1.86. The van der Waals surface area contributed by atoms with Crippen molar-refractivity contribution in [3.8, 4) is 11.5 Å². The molecule has 0 aromatic heterocycles. The third kappa shape index (κ3) is 4.01. The van der Waals surface area contributed by atoms with E-state index >= 15 is 0 Å². The first-order valence-electron chi connectivity index (χ1n) is 9.72. The summed E-state index contributed by atoms with van der Waals surface area (Å²) in [4.78, 5) is 38.4. The number of benzene rings is 2. The fraction of sp³-hybridized carbons (Fsp3) is 0.348. The van der Waals surface area contributed by atoms with Crippen LogP contribution in [0.4, 0.5) is 5.69 Å². The number of carbonyl (C=O) groups excluding carboxylic acids is 3. The standard InChI is InChI=1S/C23H26N2O5/c1-12-7-17-10-25(11-18(17)19(8-12)24-6)23(28)22-14(3)13(2)20(29-15(4)26)9-21(22)30-16(5)27/h7-9,24H,10-11H2,1-6H3. The molecule has 3 rings (SSSR count). The van der Waals surface area contributed by atoms with Gasteiger partial charge in [0.1, 0.15) is 11.5 Å². The topological polar surface area (TPSA) is 84.9 Å². The molecule has 1 heterocycles. The number of amides is 1. The van der Waals surface area contributed by atoms with Crippen molar-refractivity contribution in [2.75, 3.05) is 12.4 Å². The molecule has 7 heteroatoms. The van der Waals surface area contributed by atoms with Crippen molar-refractivity contribution in [2.24, 2.45) is 0 Å². The third-order valence-electron chi connectivity index (χ3n) is 5.29. The van der Waals surface area contributed by atoms with Gasteiger partial charge in [0.25, 0.3) is 5.91 Å². The molecule has 0 saturated carbocycles. The number of ether oxygens (including phenoxy) is 2. The Kier molecular flexibility index (Phi) is 5.82. The summed E-state index contributed by atoms with van der Waals surface area (Å²) < 4.78 is 10.6. The molecule has 30 heavy (non-hydrogen) atoms. The molecule has 1 amide bonds. The van der Waals surface area contributed by atoms with Crippen molar-refractivity contribution in [1.29, 1.82) is 0 Å². The summed E-state index contributed by atoms with van der Waals surface area (Å²) in [5.41, 5.74) is 5.84. The highest BCUT2D eigenvalue weighted by atomic mass is 16.5. The van der Waals surface area contributed by atoms with Crippen LogP contribution in [-0.2, 0) is 22.7 Å². The first kappa shape index (κ1) is 21.4. The first-order chi connectivity index (χ1) is 14.1. The van der Waals surface area contributed by atoms with E-state index in [1.807, 2.05) is 14.0 Å². The number of anilines is 1. The van der Waals surface area contributed by atoms with E-state index < -0.39 is 11.9 Å². The first-order valence-corrected chi connectivity index (χ1v) is 9.72. The quantitative estimate of drug-likeness (QED) is 0.612. The number of nitrogens with one attached hydrogen (secondary N) is 1. The maximum absolute atomic E-state index is 13.5. The molecule has 1 aliphatic rings. The van der Waals surface area contributed by atoms with Crippen LogP contribution in [0.5, 0.6) is 11.5 Å². The van der Waals surface area contributed by atoms with Crippen LogP contribution in [-0.4, -0.2) is 29.8 Å². The van der Waals surface area contributed by atoms with Crippen LogP contribution in [0, 0.1) is 20.8 Å².